The molecule has 1 aliphatic rings. The van der Waals surface area contributed by atoms with Crippen molar-refractivity contribution in [3.63, 3.8) is 0 Å². The molecule has 0 saturated heterocycles. The first-order valence-corrected chi connectivity index (χ1v) is 3.02. The van der Waals surface area contributed by atoms with Crippen LogP contribution in [0.15, 0.2) is 29.5 Å². The van der Waals surface area contributed by atoms with Gasteiger partial charge in [-0.2, -0.15) is 0 Å². The van der Waals surface area contributed by atoms with Gasteiger partial charge in [-0.15, -0.1) is 5.73 Å². The largest absolute Gasteiger partial charge is 0.125 e. The molecule has 42 valence electrons. The van der Waals surface area contributed by atoms with E-state index in [2.05, 4.69) is 24.8 Å². The molecular weight excluding hydrogens is 96.1 g/mol. The topological polar surface area (TPSA) is 0 Å². The molecule has 0 nitrogen and oxygen atoms in total. The molecule has 0 spiro atoms. The molecule has 0 N–H and O–H groups in total. The summed E-state index contributed by atoms with van der Waals surface area (Å²) in [6, 6.07) is 0. The van der Waals surface area contributed by atoms with E-state index in [0.29, 0.717) is 0 Å². The van der Waals surface area contributed by atoms with Crippen molar-refractivity contribution in [1.29, 1.82) is 0 Å². The van der Waals surface area contributed by atoms with Crippen molar-refractivity contribution in [2.75, 3.05) is 0 Å². The Kier molecular flexibility index (Phi) is 1.71. The highest BCUT2D eigenvalue weighted by Crippen LogP contribution is 2.09. The maximum Gasteiger partial charge on any atom is -0.00593 e. The Morgan fingerprint density at radius 1 is 1.75 bits per heavy atom. The van der Waals surface area contributed by atoms with Gasteiger partial charge in [-0.05, 0) is 25.0 Å². The number of allylic oxidation sites excluding steroid dienone is 3. The lowest BCUT2D eigenvalue weighted by Gasteiger charge is -1.97. The molecule has 0 atom stereocenters. The maximum absolute atomic E-state index is 3.02. The first-order chi connectivity index (χ1) is 3.93. The van der Waals surface area contributed by atoms with Gasteiger partial charge in [0.05, 0.1) is 0 Å². The van der Waals surface area contributed by atoms with Crippen LogP contribution in [0, 0.1) is 0 Å². The zero-order valence-electron chi connectivity index (χ0n) is 5.15. The van der Waals surface area contributed by atoms with Crippen LogP contribution in [0.3, 0.4) is 0 Å². The van der Waals surface area contributed by atoms with Crippen molar-refractivity contribution in [3.8, 4) is 0 Å². The second-order valence-corrected chi connectivity index (χ2v) is 1.92. The third-order valence-electron chi connectivity index (χ3n) is 1.35. The summed E-state index contributed by atoms with van der Waals surface area (Å²) in [6.07, 6.45) is 8.46. The van der Waals surface area contributed by atoms with Crippen LogP contribution in [-0.2, 0) is 0 Å². The summed E-state index contributed by atoms with van der Waals surface area (Å²) < 4.78 is 0. The van der Waals surface area contributed by atoms with E-state index >= 15 is 0 Å². The lowest BCUT2D eigenvalue weighted by Crippen LogP contribution is -1.78. The van der Waals surface area contributed by atoms with Crippen LogP contribution in [0.4, 0.5) is 0 Å². The van der Waals surface area contributed by atoms with E-state index in [1.54, 1.807) is 0 Å². The van der Waals surface area contributed by atoms with Crippen LogP contribution >= 0.6 is 0 Å². The fraction of sp³-hybridized carbons (Fsp3) is 0.375. The molecule has 0 unspecified atom stereocenters. The van der Waals surface area contributed by atoms with E-state index in [1.165, 1.54) is 12.0 Å². The second kappa shape index (κ2) is 2.54. The molecule has 0 heteroatoms. The van der Waals surface area contributed by atoms with Gasteiger partial charge in [0.2, 0.25) is 0 Å². The summed E-state index contributed by atoms with van der Waals surface area (Å²) in [5.74, 6) is 0. The van der Waals surface area contributed by atoms with Gasteiger partial charge < -0.3 is 0 Å². The molecule has 0 heterocycles. The zero-order chi connectivity index (χ0) is 5.82. The molecule has 0 aromatic heterocycles. The molecule has 0 aliphatic heterocycles. The highest BCUT2D eigenvalue weighted by atomic mass is 13.9. The third kappa shape index (κ3) is 1.11. The minimum Gasteiger partial charge on any atom is -0.125 e. The molecule has 1 aliphatic carbocycles. The number of hydrogen-bond acceptors (Lipinski definition) is 0. The van der Waals surface area contributed by atoms with E-state index in [0.717, 1.165) is 6.42 Å². The Morgan fingerprint density at radius 2 is 2.62 bits per heavy atom. The van der Waals surface area contributed by atoms with Crippen LogP contribution in [0.2, 0.25) is 0 Å². The average Bonchev–Trinajstić information content (AvgIpc) is 1.90. The second-order valence-electron chi connectivity index (χ2n) is 1.92. The fourth-order valence-corrected chi connectivity index (χ4v) is 0.754. The van der Waals surface area contributed by atoms with Gasteiger partial charge in [-0.25, -0.2) is 0 Å². The molecule has 0 fully saturated rings. The standard InChI is InChI=1S/C8H10/c1-2-8-6-4-3-5-7-8/h4-6H,2,7H2,1H3. The van der Waals surface area contributed by atoms with Gasteiger partial charge in [-0.3, -0.25) is 0 Å². The number of hydrogen-bond donors (Lipinski definition) is 0. The fourth-order valence-electron chi connectivity index (χ4n) is 0.754. The van der Waals surface area contributed by atoms with Gasteiger partial charge in [0.15, 0.2) is 0 Å². The van der Waals surface area contributed by atoms with E-state index < -0.39 is 0 Å². The Labute approximate surface area is 50.2 Å². The van der Waals surface area contributed by atoms with E-state index in [9.17, 15) is 0 Å². The van der Waals surface area contributed by atoms with Crippen molar-refractivity contribution in [1.82, 2.24) is 0 Å². The lowest BCUT2D eigenvalue weighted by molar-refractivity contribution is 1.03. The lowest BCUT2D eigenvalue weighted by atomic mass is 10.1. The minimum absolute atomic E-state index is 1.10. The van der Waals surface area contributed by atoms with Crippen molar-refractivity contribution in [3.05, 3.63) is 29.5 Å². The first-order valence-electron chi connectivity index (χ1n) is 3.02. The first kappa shape index (κ1) is 5.40. The van der Waals surface area contributed by atoms with Crippen LogP contribution in [0.1, 0.15) is 19.8 Å². The Balaban J connectivity index is 2.63. The molecule has 0 amide bonds. The van der Waals surface area contributed by atoms with Gasteiger partial charge in [0, 0.05) is 0 Å². The Bertz CT molecular complexity index is 155. The van der Waals surface area contributed by atoms with Gasteiger partial charge in [-0.1, -0.05) is 18.6 Å². The summed E-state index contributed by atoms with van der Waals surface area (Å²) in [5.41, 5.74) is 4.53. The summed E-state index contributed by atoms with van der Waals surface area (Å²) in [6.45, 7) is 2.18. The summed E-state index contributed by atoms with van der Waals surface area (Å²) >= 11 is 0. The van der Waals surface area contributed by atoms with Crippen LogP contribution in [-0.4, -0.2) is 0 Å². The normalized spacial score (nSPS) is 16.4. The highest BCUT2D eigenvalue weighted by molar-refractivity contribution is 5.19. The predicted molar refractivity (Wildman–Crippen MR) is 35.6 cm³/mol. The quantitative estimate of drug-likeness (QED) is 0.450. The van der Waals surface area contributed by atoms with Crippen molar-refractivity contribution in [2.45, 2.75) is 19.8 Å². The van der Waals surface area contributed by atoms with Crippen molar-refractivity contribution >= 4 is 0 Å². The molecule has 0 aromatic rings. The van der Waals surface area contributed by atoms with E-state index in [4.69, 9.17) is 0 Å². The average molecular weight is 106 g/mol. The molecule has 8 heavy (non-hydrogen) atoms. The minimum atomic E-state index is 1.10. The third-order valence-corrected chi connectivity index (χ3v) is 1.35. The van der Waals surface area contributed by atoms with E-state index in [1.807, 2.05) is 6.08 Å². The van der Waals surface area contributed by atoms with Crippen LogP contribution in [0.25, 0.3) is 0 Å². The monoisotopic (exact) mass is 106 g/mol. The van der Waals surface area contributed by atoms with Gasteiger partial charge in [0.25, 0.3) is 0 Å². The molecule has 0 saturated carbocycles. The van der Waals surface area contributed by atoms with Crippen molar-refractivity contribution in [2.24, 2.45) is 0 Å². The highest BCUT2D eigenvalue weighted by Gasteiger charge is 1.89. The summed E-state index contributed by atoms with van der Waals surface area (Å²) in [4.78, 5) is 0. The Hall–Kier alpha value is -0.740. The van der Waals surface area contributed by atoms with Crippen LogP contribution in [0.5, 0.6) is 0 Å². The molecule has 1 rings (SSSR count). The summed E-state index contributed by atoms with van der Waals surface area (Å²) in [7, 11) is 0. The molecular formula is C8H10. The number of rotatable bonds is 1. The van der Waals surface area contributed by atoms with Gasteiger partial charge >= 0.3 is 0 Å². The molecule has 0 radical (unpaired) electrons. The van der Waals surface area contributed by atoms with E-state index in [-0.39, 0.29) is 0 Å². The predicted octanol–water partition coefficient (Wildman–Crippen LogP) is 2.44. The Morgan fingerprint density at radius 3 is 3.00 bits per heavy atom. The summed E-state index contributed by atoms with van der Waals surface area (Å²) in [5, 5.41) is 0. The van der Waals surface area contributed by atoms with Crippen molar-refractivity contribution < 1.29 is 0 Å². The zero-order valence-corrected chi connectivity index (χ0v) is 5.15. The molecule has 0 bridgehead atoms. The molecule has 0 aromatic carbocycles. The SMILES string of the molecule is CCC1=CC=C=CC1. The maximum atomic E-state index is 3.02. The van der Waals surface area contributed by atoms with Gasteiger partial charge in [0.1, 0.15) is 0 Å². The van der Waals surface area contributed by atoms with Crippen LogP contribution < -0.4 is 0 Å². The smallest absolute Gasteiger partial charge is 0.00593 e.